The van der Waals surface area contributed by atoms with E-state index in [1.807, 2.05) is 12.1 Å². The molecule has 0 saturated carbocycles. The smallest absolute Gasteiger partial charge is 0.127 e. The Hall–Kier alpha value is -0.890. The van der Waals surface area contributed by atoms with Gasteiger partial charge in [0.2, 0.25) is 0 Å². The molecule has 0 aliphatic rings. The number of nitrogens with two attached hydrogens (primary N) is 1. The van der Waals surface area contributed by atoms with E-state index < -0.39 is 0 Å². The van der Waals surface area contributed by atoms with E-state index >= 15 is 0 Å². The fourth-order valence-electron chi connectivity index (χ4n) is 1.36. The molecule has 2 heteroatoms. The molecule has 0 fully saturated rings. The van der Waals surface area contributed by atoms with E-state index in [9.17, 15) is 4.39 Å². The van der Waals surface area contributed by atoms with Crippen molar-refractivity contribution in [2.24, 2.45) is 5.73 Å². The lowest BCUT2D eigenvalue weighted by atomic mass is 9.85. The minimum atomic E-state index is -0.253. The highest BCUT2D eigenvalue weighted by atomic mass is 19.1. The largest absolute Gasteiger partial charge is 0.324 e. The third-order valence-corrected chi connectivity index (χ3v) is 2.35. The topological polar surface area (TPSA) is 26.0 Å². The van der Waals surface area contributed by atoms with Crippen LogP contribution in [0.3, 0.4) is 0 Å². The first-order valence-electron chi connectivity index (χ1n) is 4.88. The Bertz CT molecular complexity index is 324. The molecule has 1 aromatic rings. The maximum atomic E-state index is 13.3. The molecule has 1 atom stereocenters. The molecule has 1 aromatic carbocycles. The van der Waals surface area contributed by atoms with Gasteiger partial charge in [-0.1, -0.05) is 32.9 Å². The molecule has 0 aliphatic heterocycles. The maximum Gasteiger partial charge on any atom is 0.127 e. The lowest BCUT2D eigenvalue weighted by Gasteiger charge is -2.20. The molecule has 0 heterocycles. The molecule has 0 aromatic heterocycles. The molecule has 1 rings (SSSR count). The number of hydrogen-bond acceptors (Lipinski definition) is 1. The van der Waals surface area contributed by atoms with Crippen molar-refractivity contribution in [1.29, 1.82) is 0 Å². The van der Waals surface area contributed by atoms with Crippen LogP contribution in [0.25, 0.3) is 0 Å². The zero-order valence-electron chi connectivity index (χ0n) is 9.26. The summed E-state index contributed by atoms with van der Waals surface area (Å²) in [5, 5.41) is 0. The summed E-state index contributed by atoms with van der Waals surface area (Å²) < 4.78 is 13.3. The van der Waals surface area contributed by atoms with Crippen LogP contribution in [0.5, 0.6) is 0 Å². The van der Waals surface area contributed by atoms with Crippen molar-refractivity contribution in [3.63, 3.8) is 0 Å². The van der Waals surface area contributed by atoms with Gasteiger partial charge in [0.05, 0.1) is 0 Å². The van der Waals surface area contributed by atoms with Crippen LogP contribution in [0.15, 0.2) is 18.2 Å². The molecule has 0 radical (unpaired) electrons. The van der Waals surface area contributed by atoms with Crippen LogP contribution in [0.1, 0.15) is 44.9 Å². The van der Waals surface area contributed by atoms with Crippen LogP contribution >= 0.6 is 0 Å². The number of hydrogen-bond donors (Lipinski definition) is 1. The first kappa shape index (κ1) is 11.2. The molecule has 1 nitrogen and oxygen atoms in total. The van der Waals surface area contributed by atoms with Gasteiger partial charge < -0.3 is 5.73 Å². The number of benzene rings is 1. The van der Waals surface area contributed by atoms with Gasteiger partial charge in [0.15, 0.2) is 0 Å². The third-order valence-electron chi connectivity index (χ3n) is 2.35. The van der Waals surface area contributed by atoms with Crippen LogP contribution in [-0.2, 0) is 5.41 Å². The fraction of sp³-hybridized carbons (Fsp3) is 0.500. The number of rotatable bonds is 1. The molecule has 1 unspecified atom stereocenters. The zero-order chi connectivity index (χ0) is 10.9. The van der Waals surface area contributed by atoms with Gasteiger partial charge in [-0.3, -0.25) is 0 Å². The van der Waals surface area contributed by atoms with Gasteiger partial charge in [-0.25, -0.2) is 4.39 Å². The van der Waals surface area contributed by atoms with Crippen LogP contribution in [0.2, 0.25) is 0 Å². The van der Waals surface area contributed by atoms with E-state index in [1.165, 1.54) is 6.07 Å². The Kier molecular flexibility index (Phi) is 2.95. The lowest BCUT2D eigenvalue weighted by molar-refractivity contribution is 0.568. The van der Waals surface area contributed by atoms with Crippen molar-refractivity contribution in [2.75, 3.05) is 0 Å². The van der Waals surface area contributed by atoms with Gasteiger partial charge in [0.1, 0.15) is 5.82 Å². The average molecular weight is 195 g/mol. The van der Waals surface area contributed by atoms with Gasteiger partial charge in [-0.15, -0.1) is 0 Å². The fourth-order valence-corrected chi connectivity index (χ4v) is 1.36. The molecular weight excluding hydrogens is 177 g/mol. The molecule has 78 valence electrons. The van der Waals surface area contributed by atoms with E-state index in [-0.39, 0.29) is 17.3 Å². The minimum Gasteiger partial charge on any atom is -0.324 e. The van der Waals surface area contributed by atoms with Crippen LogP contribution in [0, 0.1) is 5.82 Å². The van der Waals surface area contributed by atoms with Gasteiger partial charge in [-0.05, 0) is 24.0 Å². The second kappa shape index (κ2) is 3.70. The SMILES string of the molecule is CC(N)c1cc(C(C)(C)C)ccc1F. The summed E-state index contributed by atoms with van der Waals surface area (Å²) in [5.74, 6) is -0.215. The predicted molar refractivity (Wildman–Crippen MR) is 57.7 cm³/mol. The van der Waals surface area contributed by atoms with E-state index in [0.29, 0.717) is 5.56 Å². The van der Waals surface area contributed by atoms with Crippen LogP contribution in [-0.4, -0.2) is 0 Å². The molecule has 0 amide bonds. The highest BCUT2D eigenvalue weighted by Crippen LogP contribution is 2.26. The lowest BCUT2D eigenvalue weighted by Crippen LogP contribution is -2.14. The van der Waals surface area contributed by atoms with Crippen molar-refractivity contribution >= 4 is 0 Å². The summed E-state index contributed by atoms with van der Waals surface area (Å²) in [5.41, 5.74) is 7.44. The molecule has 0 bridgehead atoms. The summed E-state index contributed by atoms with van der Waals surface area (Å²) in [6.45, 7) is 8.10. The molecule has 0 saturated heterocycles. The van der Waals surface area contributed by atoms with Crippen molar-refractivity contribution < 1.29 is 4.39 Å². The van der Waals surface area contributed by atoms with Crippen molar-refractivity contribution in [3.05, 3.63) is 35.1 Å². The summed E-state index contributed by atoms with van der Waals surface area (Å²) in [6.07, 6.45) is 0. The number of halogens is 1. The van der Waals surface area contributed by atoms with E-state index in [1.54, 1.807) is 6.92 Å². The summed E-state index contributed by atoms with van der Waals surface area (Å²) in [7, 11) is 0. The monoisotopic (exact) mass is 195 g/mol. The van der Waals surface area contributed by atoms with Gasteiger partial charge in [0.25, 0.3) is 0 Å². The maximum absolute atomic E-state index is 13.3. The van der Waals surface area contributed by atoms with E-state index in [0.717, 1.165) is 5.56 Å². The first-order chi connectivity index (χ1) is 6.32. The Balaban J connectivity index is 3.20. The Morgan fingerprint density at radius 1 is 1.29 bits per heavy atom. The second-order valence-corrected chi connectivity index (χ2v) is 4.77. The highest BCUT2D eigenvalue weighted by Gasteiger charge is 2.16. The zero-order valence-corrected chi connectivity index (χ0v) is 9.26. The first-order valence-corrected chi connectivity index (χ1v) is 4.88. The van der Waals surface area contributed by atoms with E-state index in [2.05, 4.69) is 20.8 Å². The van der Waals surface area contributed by atoms with Gasteiger partial charge in [-0.2, -0.15) is 0 Å². The summed E-state index contributed by atoms with van der Waals surface area (Å²) in [4.78, 5) is 0. The van der Waals surface area contributed by atoms with E-state index in [4.69, 9.17) is 5.73 Å². The molecule has 2 N–H and O–H groups in total. The average Bonchev–Trinajstić information content (AvgIpc) is 2.02. The third kappa shape index (κ3) is 2.32. The Morgan fingerprint density at radius 3 is 2.29 bits per heavy atom. The van der Waals surface area contributed by atoms with Crippen molar-refractivity contribution in [2.45, 2.75) is 39.2 Å². The van der Waals surface area contributed by atoms with Crippen LogP contribution in [0.4, 0.5) is 4.39 Å². The Morgan fingerprint density at radius 2 is 1.86 bits per heavy atom. The van der Waals surface area contributed by atoms with Gasteiger partial charge in [0, 0.05) is 11.6 Å². The van der Waals surface area contributed by atoms with Crippen molar-refractivity contribution in [3.8, 4) is 0 Å². The summed E-state index contributed by atoms with van der Waals surface area (Å²) in [6, 6.07) is 4.93. The van der Waals surface area contributed by atoms with Crippen molar-refractivity contribution in [1.82, 2.24) is 0 Å². The second-order valence-electron chi connectivity index (χ2n) is 4.77. The normalized spacial score (nSPS) is 14.1. The summed E-state index contributed by atoms with van der Waals surface area (Å²) >= 11 is 0. The molecule has 14 heavy (non-hydrogen) atoms. The van der Waals surface area contributed by atoms with Gasteiger partial charge >= 0.3 is 0 Å². The minimum absolute atomic E-state index is 0.0390. The Labute approximate surface area is 85.1 Å². The standard InChI is InChI=1S/C12H18FN/c1-8(14)10-7-9(12(2,3)4)5-6-11(10)13/h5-8H,14H2,1-4H3. The predicted octanol–water partition coefficient (Wildman–Crippen LogP) is 3.14. The highest BCUT2D eigenvalue weighted by molar-refractivity contribution is 5.31. The molecule has 0 spiro atoms. The molecular formula is C12H18FN. The molecule has 0 aliphatic carbocycles. The van der Waals surface area contributed by atoms with Crippen LogP contribution < -0.4 is 5.73 Å². The quantitative estimate of drug-likeness (QED) is 0.732.